The van der Waals surface area contributed by atoms with Crippen LogP contribution in [0.2, 0.25) is 0 Å². The summed E-state index contributed by atoms with van der Waals surface area (Å²) < 4.78 is 0. The Balaban J connectivity index is 2.27. The van der Waals surface area contributed by atoms with Gasteiger partial charge in [0.2, 0.25) is 0 Å². The average molecular weight is 202 g/mol. The molecule has 1 aliphatic rings. The lowest BCUT2D eigenvalue weighted by Gasteiger charge is -2.02. The maximum absolute atomic E-state index is 11.5. The number of aryl methyl sites for hydroxylation is 1. The van der Waals surface area contributed by atoms with Crippen LogP contribution in [-0.4, -0.2) is 5.78 Å². The van der Waals surface area contributed by atoms with E-state index >= 15 is 0 Å². The minimum Gasteiger partial charge on any atom is -0.300 e. The number of ketones is 1. The predicted molar refractivity (Wildman–Crippen MR) is 61.9 cm³/mol. The summed E-state index contributed by atoms with van der Waals surface area (Å²) in [5.74, 6) is 0.974. The van der Waals surface area contributed by atoms with Gasteiger partial charge in [0.25, 0.3) is 0 Å². The van der Waals surface area contributed by atoms with Crippen LogP contribution in [0.4, 0.5) is 0 Å². The number of rotatable bonds is 2. The van der Waals surface area contributed by atoms with Gasteiger partial charge >= 0.3 is 0 Å². The van der Waals surface area contributed by atoms with Gasteiger partial charge in [-0.3, -0.25) is 4.79 Å². The molecule has 1 heteroatoms. The van der Waals surface area contributed by atoms with Gasteiger partial charge in [-0.05, 0) is 30.7 Å². The lowest BCUT2D eigenvalue weighted by molar-refractivity contribution is -0.118. The summed E-state index contributed by atoms with van der Waals surface area (Å²) in [5.41, 5.74) is 2.74. The zero-order valence-corrected chi connectivity index (χ0v) is 9.87. The van der Waals surface area contributed by atoms with Gasteiger partial charge in [0, 0.05) is 5.92 Å². The van der Waals surface area contributed by atoms with Gasteiger partial charge in [-0.15, -0.1) is 0 Å². The van der Waals surface area contributed by atoms with E-state index in [0.29, 0.717) is 11.7 Å². The Kier molecular flexibility index (Phi) is 2.22. The minimum absolute atomic E-state index is 0.154. The molecule has 15 heavy (non-hydrogen) atoms. The van der Waals surface area contributed by atoms with Gasteiger partial charge in [0.1, 0.15) is 5.78 Å². The smallest absolute Gasteiger partial charge is 0.134 e. The summed E-state index contributed by atoms with van der Waals surface area (Å²) in [4.78, 5) is 11.5. The molecule has 1 nitrogen and oxygen atoms in total. The number of Topliss-reactive ketones (excluding diaryl/α,β-unsaturated/α-hetero) is 1. The average Bonchev–Trinajstić information content (AvgIpc) is 2.70. The standard InChI is InChI=1S/C14H18O/c1-9-5-7-11(8-6-9)13-12(10(2)15)14(13,3)4/h5-8,12-13H,1-4H3. The summed E-state index contributed by atoms with van der Waals surface area (Å²) in [5, 5.41) is 0. The Morgan fingerprint density at radius 1 is 1.20 bits per heavy atom. The Labute approximate surface area is 91.5 Å². The molecule has 0 aliphatic heterocycles. The second-order valence-electron chi connectivity index (χ2n) is 5.30. The number of hydrogen-bond acceptors (Lipinski definition) is 1. The third-order valence-corrected chi connectivity index (χ3v) is 3.70. The highest BCUT2D eigenvalue weighted by molar-refractivity contribution is 5.84. The van der Waals surface area contributed by atoms with Crippen molar-refractivity contribution in [3.63, 3.8) is 0 Å². The van der Waals surface area contributed by atoms with Crippen LogP contribution in [0.25, 0.3) is 0 Å². The zero-order valence-electron chi connectivity index (χ0n) is 9.87. The molecule has 0 saturated heterocycles. The monoisotopic (exact) mass is 202 g/mol. The zero-order chi connectivity index (χ0) is 11.2. The molecule has 1 aliphatic carbocycles. The molecule has 2 unspecified atom stereocenters. The summed E-state index contributed by atoms with van der Waals surface area (Å²) in [6.45, 7) is 8.16. The molecule has 0 radical (unpaired) electrons. The lowest BCUT2D eigenvalue weighted by Crippen LogP contribution is -1.99. The SMILES string of the molecule is CC(=O)C1C(c2ccc(C)cc2)C1(C)C. The molecule has 0 bridgehead atoms. The molecular formula is C14H18O. The van der Waals surface area contributed by atoms with Gasteiger partial charge in [0.15, 0.2) is 0 Å². The summed E-state index contributed by atoms with van der Waals surface area (Å²) in [6.07, 6.45) is 0. The van der Waals surface area contributed by atoms with E-state index in [2.05, 4.69) is 45.0 Å². The van der Waals surface area contributed by atoms with E-state index in [-0.39, 0.29) is 11.3 Å². The van der Waals surface area contributed by atoms with Crippen LogP contribution < -0.4 is 0 Å². The van der Waals surface area contributed by atoms with E-state index < -0.39 is 0 Å². The van der Waals surface area contributed by atoms with E-state index in [1.807, 2.05) is 0 Å². The lowest BCUT2D eigenvalue weighted by atomic mass is 10.0. The van der Waals surface area contributed by atoms with Gasteiger partial charge in [0.05, 0.1) is 0 Å². The second-order valence-corrected chi connectivity index (χ2v) is 5.30. The first-order valence-electron chi connectivity index (χ1n) is 5.51. The first-order valence-corrected chi connectivity index (χ1v) is 5.51. The molecule has 80 valence electrons. The van der Waals surface area contributed by atoms with E-state index in [1.54, 1.807) is 6.92 Å². The van der Waals surface area contributed by atoms with Crippen molar-refractivity contribution in [1.82, 2.24) is 0 Å². The van der Waals surface area contributed by atoms with Crippen LogP contribution in [0, 0.1) is 18.3 Å². The van der Waals surface area contributed by atoms with Gasteiger partial charge < -0.3 is 0 Å². The van der Waals surface area contributed by atoms with Crippen LogP contribution in [0.3, 0.4) is 0 Å². The highest BCUT2D eigenvalue weighted by Crippen LogP contribution is 2.64. The van der Waals surface area contributed by atoms with Crippen molar-refractivity contribution in [2.75, 3.05) is 0 Å². The molecule has 1 aromatic rings. The molecule has 1 fully saturated rings. The van der Waals surface area contributed by atoms with Crippen LogP contribution >= 0.6 is 0 Å². The maximum Gasteiger partial charge on any atom is 0.134 e. The van der Waals surface area contributed by atoms with E-state index in [9.17, 15) is 4.79 Å². The quantitative estimate of drug-likeness (QED) is 0.719. The molecule has 0 N–H and O–H groups in total. The normalized spacial score (nSPS) is 27.5. The second kappa shape index (κ2) is 3.19. The first kappa shape index (κ1) is 10.4. The molecule has 1 saturated carbocycles. The fourth-order valence-electron chi connectivity index (χ4n) is 2.79. The Morgan fingerprint density at radius 3 is 2.13 bits per heavy atom. The molecule has 0 aromatic heterocycles. The fourth-order valence-corrected chi connectivity index (χ4v) is 2.79. The Bertz CT molecular complexity index is 386. The van der Waals surface area contributed by atoms with Crippen LogP contribution in [0.1, 0.15) is 37.8 Å². The van der Waals surface area contributed by atoms with Crippen molar-refractivity contribution < 1.29 is 4.79 Å². The van der Waals surface area contributed by atoms with Crippen molar-refractivity contribution in [1.29, 1.82) is 0 Å². The van der Waals surface area contributed by atoms with Crippen molar-refractivity contribution in [3.05, 3.63) is 35.4 Å². The summed E-state index contributed by atoms with van der Waals surface area (Å²) in [7, 11) is 0. The van der Waals surface area contributed by atoms with E-state index in [1.165, 1.54) is 11.1 Å². The summed E-state index contributed by atoms with van der Waals surface area (Å²) >= 11 is 0. The summed E-state index contributed by atoms with van der Waals surface area (Å²) in [6, 6.07) is 8.57. The van der Waals surface area contributed by atoms with Gasteiger partial charge in [-0.1, -0.05) is 43.7 Å². The topological polar surface area (TPSA) is 17.1 Å². The van der Waals surface area contributed by atoms with Crippen LogP contribution in [0.15, 0.2) is 24.3 Å². The Hall–Kier alpha value is -1.11. The largest absolute Gasteiger partial charge is 0.300 e. The highest BCUT2D eigenvalue weighted by atomic mass is 16.1. The minimum atomic E-state index is 0.154. The Morgan fingerprint density at radius 2 is 1.73 bits per heavy atom. The molecule has 1 aromatic carbocycles. The highest BCUT2D eigenvalue weighted by Gasteiger charge is 2.60. The first-order chi connectivity index (χ1) is 6.94. The molecule has 0 heterocycles. The number of hydrogen-bond donors (Lipinski definition) is 0. The molecule has 2 rings (SSSR count). The van der Waals surface area contributed by atoms with E-state index in [4.69, 9.17) is 0 Å². The molecule has 2 atom stereocenters. The molecule has 0 spiro atoms. The maximum atomic E-state index is 11.5. The van der Waals surface area contributed by atoms with E-state index in [0.717, 1.165) is 0 Å². The number of benzene rings is 1. The van der Waals surface area contributed by atoms with Crippen molar-refractivity contribution >= 4 is 5.78 Å². The third-order valence-electron chi connectivity index (χ3n) is 3.70. The number of carbonyl (C=O) groups excluding carboxylic acids is 1. The van der Waals surface area contributed by atoms with Crippen molar-refractivity contribution in [3.8, 4) is 0 Å². The molecule has 0 amide bonds. The van der Waals surface area contributed by atoms with Gasteiger partial charge in [-0.25, -0.2) is 0 Å². The van der Waals surface area contributed by atoms with Crippen molar-refractivity contribution in [2.45, 2.75) is 33.6 Å². The third kappa shape index (κ3) is 1.60. The predicted octanol–water partition coefficient (Wildman–Crippen LogP) is 3.32. The van der Waals surface area contributed by atoms with Crippen LogP contribution in [-0.2, 0) is 4.79 Å². The molecular weight excluding hydrogens is 184 g/mol. The van der Waals surface area contributed by atoms with Crippen LogP contribution in [0.5, 0.6) is 0 Å². The van der Waals surface area contributed by atoms with Gasteiger partial charge in [-0.2, -0.15) is 0 Å². The fraction of sp³-hybridized carbons (Fsp3) is 0.500. The van der Waals surface area contributed by atoms with Crippen molar-refractivity contribution in [2.24, 2.45) is 11.3 Å². The number of carbonyl (C=O) groups is 1.